The largest absolute Gasteiger partial charge is 0.323 e. The highest BCUT2D eigenvalue weighted by atomic mass is 19.1. The average molecular weight is 266 g/mol. The molecule has 0 heterocycles. The molecule has 2 N–H and O–H groups in total. The van der Waals surface area contributed by atoms with Gasteiger partial charge >= 0.3 is 6.03 Å². The van der Waals surface area contributed by atoms with Gasteiger partial charge in [-0.2, -0.15) is 0 Å². The van der Waals surface area contributed by atoms with E-state index in [9.17, 15) is 13.6 Å². The van der Waals surface area contributed by atoms with Gasteiger partial charge in [0.25, 0.3) is 0 Å². The highest BCUT2D eigenvalue weighted by Gasteiger charge is 2.08. The molecule has 0 unspecified atom stereocenters. The van der Waals surface area contributed by atoms with Crippen molar-refractivity contribution < 1.29 is 13.6 Å². The number of amides is 2. The SMILES string of the molecule is O=C(NC=C1CCCCC1)Nc1cc(F)ccc1F. The zero-order chi connectivity index (χ0) is 13.7. The van der Waals surface area contributed by atoms with Crippen molar-refractivity contribution in [1.29, 1.82) is 0 Å². The number of hydrogen-bond acceptors (Lipinski definition) is 1. The normalized spacial score (nSPS) is 14.9. The molecule has 2 amide bonds. The summed E-state index contributed by atoms with van der Waals surface area (Å²) in [5.74, 6) is -1.26. The van der Waals surface area contributed by atoms with Crippen LogP contribution in [0.3, 0.4) is 0 Å². The van der Waals surface area contributed by atoms with Crippen molar-refractivity contribution >= 4 is 11.7 Å². The third-order valence-corrected chi connectivity index (χ3v) is 3.08. The smallest absolute Gasteiger partial charge is 0.314 e. The maximum absolute atomic E-state index is 13.3. The van der Waals surface area contributed by atoms with Crippen molar-refractivity contribution in [1.82, 2.24) is 5.32 Å². The Hall–Kier alpha value is -1.91. The van der Waals surface area contributed by atoms with Crippen LogP contribution in [0.5, 0.6) is 0 Å². The van der Waals surface area contributed by atoms with Crippen LogP contribution >= 0.6 is 0 Å². The molecule has 0 radical (unpaired) electrons. The van der Waals surface area contributed by atoms with Crippen molar-refractivity contribution in [3.05, 3.63) is 41.6 Å². The lowest BCUT2D eigenvalue weighted by Gasteiger charge is -2.13. The van der Waals surface area contributed by atoms with Crippen LogP contribution in [0.4, 0.5) is 19.3 Å². The van der Waals surface area contributed by atoms with Crippen LogP contribution in [0, 0.1) is 11.6 Å². The summed E-state index contributed by atoms with van der Waals surface area (Å²) in [6, 6.07) is 2.36. The molecule has 0 aromatic heterocycles. The van der Waals surface area contributed by atoms with E-state index in [-0.39, 0.29) is 5.69 Å². The number of rotatable bonds is 2. The first-order chi connectivity index (χ1) is 9.15. The minimum absolute atomic E-state index is 0.167. The van der Waals surface area contributed by atoms with Gasteiger partial charge in [-0.3, -0.25) is 0 Å². The number of halogens is 2. The van der Waals surface area contributed by atoms with Crippen LogP contribution in [0.2, 0.25) is 0 Å². The van der Waals surface area contributed by atoms with Crippen LogP contribution < -0.4 is 10.6 Å². The van der Waals surface area contributed by atoms with Gasteiger partial charge in [0.1, 0.15) is 11.6 Å². The van der Waals surface area contributed by atoms with Crippen LogP contribution in [0.15, 0.2) is 30.0 Å². The molecule has 2 rings (SSSR count). The number of carbonyl (C=O) groups excluding carboxylic acids is 1. The number of allylic oxidation sites excluding steroid dienone is 1. The number of anilines is 1. The van der Waals surface area contributed by atoms with Gasteiger partial charge < -0.3 is 10.6 Å². The molecular formula is C14H16F2N2O. The summed E-state index contributed by atoms with van der Waals surface area (Å²) in [5.41, 5.74) is 1.01. The number of hydrogen-bond donors (Lipinski definition) is 2. The van der Waals surface area contributed by atoms with E-state index in [1.807, 2.05) is 0 Å². The lowest BCUT2D eigenvalue weighted by atomic mass is 9.96. The maximum atomic E-state index is 13.3. The van der Waals surface area contributed by atoms with E-state index >= 15 is 0 Å². The number of carbonyl (C=O) groups is 1. The molecule has 0 aliphatic heterocycles. The van der Waals surface area contributed by atoms with Crippen LogP contribution in [-0.4, -0.2) is 6.03 Å². The Morgan fingerprint density at radius 3 is 2.63 bits per heavy atom. The van der Waals surface area contributed by atoms with Crippen molar-refractivity contribution in [3.63, 3.8) is 0 Å². The Labute approximate surface area is 110 Å². The summed E-state index contributed by atoms with van der Waals surface area (Å²) in [4.78, 5) is 11.6. The topological polar surface area (TPSA) is 41.1 Å². The fourth-order valence-corrected chi connectivity index (χ4v) is 2.07. The zero-order valence-corrected chi connectivity index (χ0v) is 10.5. The molecule has 1 aromatic carbocycles. The summed E-state index contributed by atoms with van der Waals surface area (Å²) in [6.07, 6.45) is 7.11. The molecule has 3 nitrogen and oxygen atoms in total. The van der Waals surface area contributed by atoms with E-state index in [2.05, 4.69) is 10.6 Å². The molecule has 1 aromatic rings. The van der Waals surface area contributed by atoms with Crippen molar-refractivity contribution in [2.24, 2.45) is 0 Å². The molecule has 0 spiro atoms. The fourth-order valence-electron chi connectivity index (χ4n) is 2.07. The third kappa shape index (κ3) is 4.05. The third-order valence-electron chi connectivity index (χ3n) is 3.08. The average Bonchev–Trinajstić information content (AvgIpc) is 2.42. The van der Waals surface area contributed by atoms with Crippen molar-refractivity contribution in [3.8, 4) is 0 Å². The fraction of sp³-hybridized carbons (Fsp3) is 0.357. The second-order valence-corrected chi connectivity index (χ2v) is 4.59. The van der Waals surface area contributed by atoms with Crippen molar-refractivity contribution in [2.75, 3.05) is 5.32 Å². The molecule has 0 bridgehead atoms. The van der Waals surface area contributed by atoms with Crippen molar-refractivity contribution in [2.45, 2.75) is 32.1 Å². The Morgan fingerprint density at radius 2 is 1.89 bits per heavy atom. The first-order valence-electron chi connectivity index (χ1n) is 6.35. The van der Waals surface area contributed by atoms with Gasteiger partial charge in [-0.1, -0.05) is 12.0 Å². The molecule has 1 aliphatic rings. The van der Waals surface area contributed by atoms with E-state index in [1.165, 1.54) is 12.0 Å². The van der Waals surface area contributed by atoms with Gasteiger partial charge in [-0.05, 0) is 37.8 Å². The minimum atomic E-state index is -0.665. The molecule has 1 saturated carbocycles. The second-order valence-electron chi connectivity index (χ2n) is 4.59. The van der Waals surface area contributed by atoms with E-state index in [0.29, 0.717) is 0 Å². The monoisotopic (exact) mass is 266 g/mol. The molecule has 102 valence electrons. The summed E-state index contributed by atoms with van der Waals surface area (Å²) in [6.45, 7) is 0. The van der Waals surface area contributed by atoms with Gasteiger partial charge in [0.15, 0.2) is 0 Å². The second kappa shape index (κ2) is 6.31. The van der Waals surface area contributed by atoms with Gasteiger partial charge in [0.2, 0.25) is 0 Å². The van der Waals surface area contributed by atoms with Gasteiger partial charge in [0.05, 0.1) is 5.69 Å². The minimum Gasteiger partial charge on any atom is -0.314 e. The number of urea groups is 1. The summed E-state index contributed by atoms with van der Waals surface area (Å²) >= 11 is 0. The highest BCUT2D eigenvalue weighted by Crippen LogP contribution is 2.21. The first kappa shape index (κ1) is 13.5. The quantitative estimate of drug-likeness (QED) is 0.836. The van der Waals surface area contributed by atoms with E-state index < -0.39 is 17.7 Å². The molecule has 0 saturated heterocycles. The van der Waals surface area contributed by atoms with Crippen LogP contribution in [0.1, 0.15) is 32.1 Å². The zero-order valence-electron chi connectivity index (χ0n) is 10.5. The van der Waals surface area contributed by atoms with Gasteiger partial charge in [0, 0.05) is 12.3 Å². The summed E-state index contributed by atoms with van der Waals surface area (Å²) in [5, 5.41) is 4.83. The Morgan fingerprint density at radius 1 is 1.16 bits per heavy atom. The standard InChI is InChI=1S/C14H16F2N2O/c15-11-6-7-12(16)13(8-11)18-14(19)17-9-10-4-2-1-3-5-10/h6-9H,1-5H2,(H2,17,18,19). The number of benzene rings is 1. The maximum Gasteiger partial charge on any atom is 0.323 e. The first-order valence-corrected chi connectivity index (χ1v) is 6.35. The lowest BCUT2D eigenvalue weighted by Crippen LogP contribution is -2.25. The van der Waals surface area contributed by atoms with E-state index in [1.54, 1.807) is 6.20 Å². The molecule has 5 heteroatoms. The van der Waals surface area contributed by atoms with E-state index in [0.717, 1.165) is 43.9 Å². The van der Waals surface area contributed by atoms with Gasteiger partial charge in [-0.15, -0.1) is 0 Å². The van der Waals surface area contributed by atoms with Gasteiger partial charge in [-0.25, -0.2) is 13.6 Å². The summed E-state index contributed by atoms with van der Waals surface area (Å²) in [7, 11) is 0. The lowest BCUT2D eigenvalue weighted by molar-refractivity contribution is 0.255. The summed E-state index contributed by atoms with van der Waals surface area (Å²) < 4.78 is 26.2. The molecule has 1 aliphatic carbocycles. The molecule has 0 atom stereocenters. The number of nitrogens with one attached hydrogen (secondary N) is 2. The Kier molecular flexibility index (Phi) is 4.49. The van der Waals surface area contributed by atoms with E-state index in [4.69, 9.17) is 0 Å². The molecule has 1 fully saturated rings. The Balaban J connectivity index is 1.92. The van der Waals surface area contributed by atoms with Crippen LogP contribution in [0.25, 0.3) is 0 Å². The Bertz CT molecular complexity index is 492. The predicted molar refractivity (Wildman–Crippen MR) is 69.7 cm³/mol. The highest BCUT2D eigenvalue weighted by molar-refractivity contribution is 5.90. The molecular weight excluding hydrogens is 250 g/mol. The predicted octanol–water partition coefficient (Wildman–Crippen LogP) is 3.93. The van der Waals surface area contributed by atoms with Crippen LogP contribution in [-0.2, 0) is 0 Å². The molecule has 19 heavy (non-hydrogen) atoms.